The van der Waals surface area contributed by atoms with E-state index in [-0.39, 0.29) is 26.2 Å². The molecule has 114 valence electrons. The Morgan fingerprint density at radius 3 is 2.24 bits per heavy atom. The predicted molar refractivity (Wildman–Crippen MR) is 82.5 cm³/mol. The third-order valence-corrected chi connectivity index (χ3v) is 4.99. The number of sulfonamides is 1. The second-order valence-electron chi connectivity index (χ2n) is 5.48. The molecule has 0 aliphatic rings. The van der Waals surface area contributed by atoms with Gasteiger partial charge in [0.2, 0.25) is 0 Å². The zero-order valence-electron chi connectivity index (χ0n) is 11.6. The van der Waals surface area contributed by atoms with Crippen LogP contribution in [0.4, 0.5) is 5.82 Å². The number of nitrogens with zero attached hydrogens (tertiary/aromatic N) is 1. The highest BCUT2D eigenvalue weighted by Crippen LogP contribution is 2.31. The van der Waals surface area contributed by atoms with E-state index in [1.807, 2.05) is 20.8 Å². The van der Waals surface area contributed by atoms with Crippen molar-refractivity contribution in [2.75, 3.05) is 4.72 Å². The zero-order valence-corrected chi connectivity index (χ0v) is 14.0. The topological polar surface area (TPSA) is 72.2 Å². The molecule has 21 heavy (non-hydrogen) atoms. The molecule has 0 aliphatic carbocycles. The van der Waals surface area contributed by atoms with Crippen LogP contribution in [0.1, 0.15) is 26.5 Å². The van der Waals surface area contributed by atoms with Crippen molar-refractivity contribution in [1.82, 2.24) is 5.16 Å². The van der Waals surface area contributed by atoms with Crippen molar-refractivity contribution < 1.29 is 12.9 Å². The Hall–Kier alpha value is -1.24. The molecule has 5 nitrogen and oxygen atoms in total. The lowest BCUT2D eigenvalue weighted by atomic mass is 9.93. The van der Waals surface area contributed by atoms with Crippen LogP contribution in [0, 0.1) is 0 Å². The second kappa shape index (κ2) is 5.51. The van der Waals surface area contributed by atoms with Gasteiger partial charge in [-0.15, -0.1) is 0 Å². The van der Waals surface area contributed by atoms with Crippen LogP contribution in [0.2, 0.25) is 10.0 Å². The van der Waals surface area contributed by atoms with Crippen LogP contribution >= 0.6 is 23.2 Å². The first-order chi connectivity index (χ1) is 9.61. The smallest absolute Gasteiger partial charge is 0.266 e. The van der Waals surface area contributed by atoms with E-state index in [0.29, 0.717) is 5.76 Å². The number of benzene rings is 1. The molecule has 2 aromatic rings. The normalized spacial score (nSPS) is 12.4. The van der Waals surface area contributed by atoms with Gasteiger partial charge < -0.3 is 4.52 Å². The molecule has 0 bridgehead atoms. The minimum absolute atomic E-state index is 0.0366. The Morgan fingerprint density at radius 1 is 1.19 bits per heavy atom. The molecular weight excluding hydrogens is 335 g/mol. The van der Waals surface area contributed by atoms with Gasteiger partial charge >= 0.3 is 0 Å². The molecule has 2 rings (SSSR count). The van der Waals surface area contributed by atoms with Gasteiger partial charge in [0.05, 0.1) is 10.0 Å². The molecule has 0 saturated heterocycles. The fraction of sp³-hybridized carbons (Fsp3) is 0.308. The molecular formula is C13H14Cl2N2O3S. The standard InChI is InChI=1S/C13H14Cl2N2O3S/c1-13(2,3)10-7-11(16-20-10)17-21(18,19)12-8(14)5-4-6-9(12)15/h4-7H,1-3H3,(H,16,17). The molecule has 0 fully saturated rings. The summed E-state index contributed by atoms with van der Waals surface area (Å²) in [6.07, 6.45) is 0. The second-order valence-corrected chi connectivity index (χ2v) is 7.92. The monoisotopic (exact) mass is 348 g/mol. The Labute approximate surface area is 133 Å². The van der Waals surface area contributed by atoms with Crippen LogP contribution in [0.3, 0.4) is 0 Å². The number of halogens is 2. The largest absolute Gasteiger partial charge is 0.359 e. The van der Waals surface area contributed by atoms with Gasteiger partial charge in [-0.2, -0.15) is 0 Å². The fourth-order valence-electron chi connectivity index (χ4n) is 1.60. The average Bonchev–Trinajstić information content (AvgIpc) is 2.75. The van der Waals surface area contributed by atoms with Crippen molar-refractivity contribution in [2.24, 2.45) is 0 Å². The van der Waals surface area contributed by atoms with Crippen molar-refractivity contribution in [3.63, 3.8) is 0 Å². The Balaban J connectivity index is 2.36. The summed E-state index contributed by atoms with van der Waals surface area (Å²) in [5.41, 5.74) is -0.279. The van der Waals surface area contributed by atoms with E-state index in [1.165, 1.54) is 18.2 Å². The van der Waals surface area contributed by atoms with Crippen molar-refractivity contribution in [3.05, 3.63) is 40.1 Å². The summed E-state index contributed by atoms with van der Waals surface area (Å²) in [6.45, 7) is 5.78. The number of aromatic nitrogens is 1. The summed E-state index contributed by atoms with van der Waals surface area (Å²) in [7, 11) is -3.94. The van der Waals surface area contributed by atoms with Crippen LogP contribution in [-0.2, 0) is 15.4 Å². The van der Waals surface area contributed by atoms with Gasteiger partial charge in [-0.05, 0) is 12.1 Å². The van der Waals surface area contributed by atoms with Crippen LogP contribution in [0.15, 0.2) is 33.7 Å². The quantitative estimate of drug-likeness (QED) is 0.906. The first-order valence-corrected chi connectivity index (χ1v) is 8.29. The highest BCUT2D eigenvalue weighted by atomic mass is 35.5. The molecule has 0 aliphatic heterocycles. The van der Waals surface area contributed by atoms with Gasteiger partial charge in [0.1, 0.15) is 10.7 Å². The first kappa shape index (κ1) is 16.1. The molecule has 1 aromatic heterocycles. The van der Waals surface area contributed by atoms with Crippen molar-refractivity contribution in [3.8, 4) is 0 Å². The van der Waals surface area contributed by atoms with E-state index in [1.54, 1.807) is 6.07 Å². The SMILES string of the molecule is CC(C)(C)c1cc(NS(=O)(=O)c2c(Cl)cccc2Cl)no1. The van der Waals surface area contributed by atoms with E-state index < -0.39 is 10.0 Å². The van der Waals surface area contributed by atoms with E-state index in [9.17, 15) is 8.42 Å². The molecule has 0 unspecified atom stereocenters. The Morgan fingerprint density at radius 2 is 1.76 bits per heavy atom. The average molecular weight is 349 g/mol. The summed E-state index contributed by atoms with van der Waals surface area (Å²) in [5.74, 6) is 0.640. The Bertz CT molecular complexity index is 744. The van der Waals surface area contributed by atoms with Gasteiger partial charge in [-0.3, -0.25) is 4.72 Å². The van der Waals surface area contributed by atoms with Gasteiger partial charge in [0.15, 0.2) is 5.82 Å². The summed E-state index contributed by atoms with van der Waals surface area (Å²) in [5, 5.41) is 3.77. The molecule has 0 amide bonds. The minimum atomic E-state index is -3.94. The summed E-state index contributed by atoms with van der Waals surface area (Å²) in [4.78, 5) is -0.186. The maximum absolute atomic E-state index is 12.3. The number of nitrogens with one attached hydrogen (secondary N) is 1. The number of anilines is 1. The molecule has 0 spiro atoms. The first-order valence-electron chi connectivity index (χ1n) is 6.05. The van der Waals surface area contributed by atoms with Gasteiger partial charge in [0, 0.05) is 11.5 Å². The van der Waals surface area contributed by atoms with Gasteiger partial charge in [-0.1, -0.05) is 55.2 Å². The third kappa shape index (κ3) is 3.51. The van der Waals surface area contributed by atoms with Crippen LogP contribution in [-0.4, -0.2) is 13.6 Å². The number of rotatable bonds is 3. The fourth-order valence-corrected chi connectivity index (χ4v) is 3.73. The maximum atomic E-state index is 12.3. The molecule has 0 atom stereocenters. The lowest BCUT2D eigenvalue weighted by Gasteiger charge is -2.12. The highest BCUT2D eigenvalue weighted by Gasteiger charge is 2.25. The van der Waals surface area contributed by atoms with Crippen molar-refractivity contribution in [1.29, 1.82) is 0 Å². The lowest BCUT2D eigenvalue weighted by molar-refractivity contribution is 0.331. The van der Waals surface area contributed by atoms with E-state index in [4.69, 9.17) is 27.7 Å². The van der Waals surface area contributed by atoms with Crippen LogP contribution < -0.4 is 4.72 Å². The van der Waals surface area contributed by atoms with E-state index >= 15 is 0 Å². The van der Waals surface area contributed by atoms with E-state index in [2.05, 4.69) is 9.88 Å². The summed E-state index contributed by atoms with van der Waals surface area (Å²) >= 11 is 11.8. The molecule has 1 N–H and O–H groups in total. The molecule has 0 radical (unpaired) electrons. The van der Waals surface area contributed by atoms with Crippen molar-refractivity contribution in [2.45, 2.75) is 31.1 Å². The van der Waals surface area contributed by atoms with Gasteiger partial charge in [0.25, 0.3) is 10.0 Å². The Kier molecular flexibility index (Phi) is 4.24. The van der Waals surface area contributed by atoms with Crippen molar-refractivity contribution >= 4 is 39.0 Å². The molecule has 0 saturated carbocycles. The summed E-state index contributed by atoms with van der Waals surface area (Å²) in [6, 6.07) is 6.00. The third-order valence-electron chi connectivity index (χ3n) is 2.68. The maximum Gasteiger partial charge on any atom is 0.266 e. The molecule has 8 heteroatoms. The predicted octanol–water partition coefficient (Wildman–Crippen LogP) is 4.08. The highest BCUT2D eigenvalue weighted by molar-refractivity contribution is 7.93. The number of hydrogen-bond donors (Lipinski definition) is 1. The molecule has 1 aromatic carbocycles. The lowest BCUT2D eigenvalue weighted by Crippen LogP contribution is -2.14. The van der Waals surface area contributed by atoms with E-state index in [0.717, 1.165) is 0 Å². The van der Waals surface area contributed by atoms with Gasteiger partial charge in [-0.25, -0.2) is 8.42 Å². The minimum Gasteiger partial charge on any atom is -0.359 e. The summed E-state index contributed by atoms with van der Waals surface area (Å²) < 4.78 is 32.1. The zero-order chi connectivity index (χ0) is 15.8. The molecule has 1 heterocycles. The van der Waals surface area contributed by atoms with Crippen LogP contribution in [0.5, 0.6) is 0 Å². The van der Waals surface area contributed by atoms with Crippen LogP contribution in [0.25, 0.3) is 0 Å². The number of hydrogen-bond acceptors (Lipinski definition) is 4.